The van der Waals surface area contributed by atoms with Crippen LogP contribution in [0.2, 0.25) is 0 Å². The number of nitrogens with one attached hydrogen (secondary N) is 1. The molecular weight excluding hydrogens is 204 g/mol. The summed E-state index contributed by atoms with van der Waals surface area (Å²) in [6.07, 6.45) is 0. The summed E-state index contributed by atoms with van der Waals surface area (Å²) in [7, 11) is 0. The maximum absolute atomic E-state index is 11.4. The van der Waals surface area contributed by atoms with Gasteiger partial charge in [-0.1, -0.05) is 17.7 Å². The number of aryl methyl sites for hydroxylation is 1. The number of rotatable bonds is 5. The van der Waals surface area contributed by atoms with Crippen LogP contribution >= 0.6 is 0 Å². The standard InChI is InChI=1S/C12H18N2O2/c1-9-3-5-11(6-4-9)16-8-12(15)14-10(2)7-13/h3-6,10H,7-8,13H2,1-2H3,(H,14,15)/t10-/m0/s1. The smallest absolute Gasteiger partial charge is 0.258 e. The molecule has 0 spiro atoms. The van der Waals surface area contributed by atoms with Gasteiger partial charge in [-0.3, -0.25) is 4.79 Å². The molecule has 16 heavy (non-hydrogen) atoms. The fourth-order valence-electron chi connectivity index (χ4n) is 1.16. The summed E-state index contributed by atoms with van der Waals surface area (Å²) in [5.41, 5.74) is 6.55. The summed E-state index contributed by atoms with van der Waals surface area (Å²) in [5.74, 6) is 0.541. The lowest BCUT2D eigenvalue weighted by Crippen LogP contribution is -2.40. The van der Waals surface area contributed by atoms with Crippen molar-refractivity contribution >= 4 is 5.91 Å². The second-order valence-corrected chi connectivity index (χ2v) is 3.81. The van der Waals surface area contributed by atoms with Crippen LogP contribution in [0, 0.1) is 6.92 Å². The number of carbonyl (C=O) groups excluding carboxylic acids is 1. The summed E-state index contributed by atoms with van der Waals surface area (Å²) in [4.78, 5) is 11.4. The molecule has 1 aromatic rings. The van der Waals surface area contributed by atoms with Gasteiger partial charge < -0.3 is 15.8 Å². The molecule has 0 bridgehead atoms. The molecule has 0 unspecified atom stereocenters. The third kappa shape index (κ3) is 4.31. The number of benzene rings is 1. The normalized spacial score (nSPS) is 11.9. The summed E-state index contributed by atoms with van der Waals surface area (Å²) < 4.78 is 5.32. The second kappa shape index (κ2) is 6.12. The van der Waals surface area contributed by atoms with Gasteiger partial charge in [0.05, 0.1) is 0 Å². The molecule has 0 aliphatic carbocycles. The monoisotopic (exact) mass is 222 g/mol. The highest BCUT2D eigenvalue weighted by molar-refractivity contribution is 5.77. The molecule has 0 aliphatic rings. The first-order chi connectivity index (χ1) is 7.61. The molecule has 88 valence electrons. The Kier molecular flexibility index (Phi) is 4.79. The number of ether oxygens (including phenoxy) is 1. The molecule has 3 N–H and O–H groups in total. The average molecular weight is 222 g/mol. The lowest BCUT2D eigenvalue weighted by Gasteiger charge is -2.11. The molecule has 1 rings (SSSR count). The third-order valence-electron chi connectivity index (χ3n) is 2.15. The highest BCUT2D eigenvalue weighted by atomic mass is 16.5. The average Bonchev–Trinajstić information content (AvgIpc) is 2.28. The zero-order chi connectivity index (χ0) is 12.0. The fraction of sp³-hybridized carbons (Fsp3) is 0.417. The van der Waals surface area contributed by atoms with E-state index in [9.17, 15) is 4.79 Å². The Bertz CT molecular complexity index is 335. The van der Waals surface area contributed by atoms with E-state index in [4.69, 9.17) is 10.5 Å². The molecular formula is C12H18N2O2. The van der Waals surface area contributed by atoms with Gasteiger partial charge in [-0.25, -0.2) is 0 Å². The first kappa shape index (κ1) is 12.5. The van der Waals surface area contributed by atoms with Crippen LogP contribution in [0.15, 0.2) is 24.3 Å². The largest absolute Gasteiger partial charge is 0.484 e. The zero-order valence-corrected chi connectivity index (χ0v) is 9.69. The Morgan fingerprint density at radius 2 is 2.06 bits per heavy atom. The predicted molar refractivity (Wildman–Crippen MR) is 63.3 cm³/mol. The first-order valence-electron chi connectivity index (χ1n) is 5.30. The molecule has 1 aromatic carbocycles. The van der Waals surface area contributed by atoms with Gasteiger partial charge >= 0.3 is 0 Å². The van der Waals surface area contributed by atoms with Gasteiger partial charge in [-0.15, -0.1) is 0 Å². The molecule has 0 aromatic heterocycles. The summed E-state index contributed by atoms with van der Waals surface area (Å²) >= 11 is 0. The second-order valence-electron chi connectivity index (χ2n) is 3.81. The Balaban J connectivity index is 2.34. The minimum Gasteiger partial charge on any atom is -0.484 e. The van der Waals surface area contributed by atoms with E-state index in [0.29, 0.717) is 12.3 Å². The quantitative estimate of drug-likeness (QED) is 0.776. The lowest BCUT2D eigenvalue weighted by molar-refractivity contribution is -0.123. The summed E-state index contributed by atoms with van der Waals surface area (Å²) in [5, 5.41) is 2.72. The van der Waals surface area contributed by atoms with E-state index >= 15 is 0 Å². The van der Waals surface area contributed by atoms with Gasteiger partial charge in [0, 0.05) is 12.6 Å². The summed E-state index contributed by atoms with van der Waals surface area (Å²) in [6, 6.07) is 7.55. The topological polar surface area (TPSA) is 64.3 Å². The van der Waals surface area contributed by atoms with Crippen molar-refractivity contribution in [3.8, 4) is 5.75 Å². The van der Waals surface area contributed by atoms with Gasteiger partial charge in [0.1, 0.15) is 5.75 Å². The molecule has 1 atom stereocenters. The van der Waals surface area contributed by atoms with Crippen LogP contribution in [-0.2, 0) is 4.79 Å². The van der Waals surface area contributed by atoms with E-state index in [1.54, 1.807) is 0 Å². The van der Waals surface area contributed by atoms with Gasteiger partial charge in [0.2, 0.25) is 0 Å². The van der Waals surface area contributed by atoms with Crippen molar-refractivity contribution in [3.63, 3.8) is 0 Å². The van der Waals surface area contributed by atoms with Crippen LogP contribution in [0.5, 0.6) is 5.75 Å². The Labute approximate surface area is 95.8 Å². The van der Waals surface area contributed by atoms with Crippen molar-refractivity contribution in [2.45, 2.75) is 19.9 Å². The number of carbonyl (C=O) groups is 1. The number of hydrogen-bond donors (Lipinski definition) is 2. The number of hydrogen-bond acceptors (Lipinski definition) is 3. The SMILES string of the molecule is Cc1ccc(OCC(=O)N[C@@H](C)CN)cc1. The highest BCUT2D eigenvalue weighted by Gasteiger charge is 2.05. The van der Waals surface area contributed by atoms with Crippen molar-refractivity contribution in [2.24, 2.45) is 5.73 Å². The molecule has 0 heterocycles. The highest BCUT2D eigenvalue weighted by Crippen LogP contribution is 2.10. The van der Waals surface area contributed by atoms with Crippen LogP contribution in [0.25, 0.3) is 0 Å². The maximum atomic E-state index is 11.4. The number of nitrogens with two attached hydrogens (primary N) is 1. The molecule has 0 saturated heterocycles. The molecule has 4 heteroatoms. The van der Waals surface area contributed by atoms with E-state index in [1.165, 1.54) is 0 Å². The van der Waals surface area contributed by atoms with Gasteiger partial charge in [0.25, 0.3) is 5.91 Å². The molecule has 4 nitrogen and oxygen atoms in total. The maximum Gasteiger partial charge on any atom is 0.258 e. The van der Waals surface area contributed by atoms with Crippen LogP contribution in [-0.4, -0.2) is 25.1 Å². The Morgan fingerprint density at radius 3 is 2.62 bits per heavy atom. The molecule has 0 fully saturated rings. The van der Waals surface area contributed by atoms with Crippen molar-refractivity contribution in [1.29, 1.82) is 0 Å². The van der Waals surface area contributed by atoms with Crippen molar-refractivity contribution < 1.29 is 9.53 Å². The summed E-state index contributed by atoms with van der Waals surface area (Å²) in [6.45, 7) is 4.30. The predicted octanol–water partition coefficient (Wildman–Crippen LogP) is 0.837. The molecule has 0 aliphatic heterocycles. The zero-order valence-electron chi connectivity index (χ0n) is 9.69. The van der Waals surface area contributed by atoms with Gasteiger partial charge in [-0.05, 0) is 26.0 Å². The van der Waals surface area contributed by atoms with E-state index in [-0.39, 0.29) is 18.6 Å². The van der Waals surface area contributed by atoms with Crippen LogP contribution in [0.1, 0.15) is 12.5 Å². The van der Waals surface area contributed by atoms with Crippen molar-refractivity contribution in [2.75, 3.05) is 13.2 Å². The molecule has 0 radical (unpaired) electrons. The van der Waals surface area contributed by atoms with Crippen molar-refractivity contribution in [1.82, 2.24) is 5.32 Å². The van der Waals surface area contributed by atoms with E-state index in [2.05, 4.69) is 5.32 Å². The lowest BCUT2D eigenvalue weighted by atomic mass is 10.2. The third-order valence-corrected chi connectivity index (χ3v) is 2.15. The first-order valence-corrected chi connectivity index (χ1v) is 5.30. The van der Waals surface area contributed by atoms with Crippen LogP contribution in [0.4, 0.5) is 0 Å². The minimum absolute atomic E-state index is 0.0193. The van der Waals surface area contributed by atoms with E-state index in [0.717, 1.165) is 5.56 Å². The minimum atomic E-state index is -0.154. The van der Waals surface area contributed by atoms with E-state index < -0.39 is 0 Å². The van der Waals surface area contributed by atoms with Crippen molar-refractivity contribution in [3.05, 3.63) is 29.8 Å². The van der Waals surface area contributed by atoms with Gasteiger partial charge in [0.15, 0.2) is 6.61 Å². The van der Waals surface area contributed by atoms with Crippen LogP contribution < -0.4 is 15.8 Å². The molecule has 1 amide bonds. The number of amides is 1. The fourth-order valence-corrected chi connectivity index (χ4v) is 1.16. The Morgan fingerprint density at radius 1 is 1.44 bits per heavy atom. The Hall–Kier alpha value is -1.55. The molecule has 0 saturated carbocycles. The van der Waals surface area contributed by atoms with Crippen LogP contribution in [0.3, 0.4) is 0 Å². The van der Waals surface area contributed by atoms with Gasteiger partial charge in [-0.2, -0.15) is 0 Å². The van der Waals surface area contributed by atoms with E-state index in [1.807, 2.05) is 38.1 Å².